The molecule has 6 heteroatoms. The molecular formula is C25H24N4O2. The largest absolute Gasteiger partial charge is 0.348 e. The van der Waals surface area contributed by atoms with Gasteiger partial charge in [-0.2, -0.15) is 5.10 Å². The van der Waals surface area contributed by atoms with E-state index < -0.39 is 0 Å². The smallest absolute Gasteiger partial charge is 0.252 e. The highest BCUT2D eigenvalue weighted by atomic mass is 16.2. The highest BCUT2D eigenvalue weighted by Crippen LogP contribution is 2.46. The maximum absolute atomic E-state index is 13.0. The van der Waals surface area contributed by atoms with Gasteiger partial charge in [-0.15, -0.1) is 0 Å². The van der Waals surface area contributed by atoms with Crippen molar-refractivity contribution in [3.8, 4) is 11.1 Å². The predicted octanol–water partition coefficient (Wildman–Crippen LogP) is 4.15. The quantitative estimate of drug-likeness (QED) is 0.514. The monoisotopic (exact) mass is 412 g/mol. The van der Waals surface area contributed by atoms with Crippen LogP contribution < -0.4 is 5.32 Å². The molecule has 0 radical (unpaired) electrons. The number of hydrogen-bond donors (Lipinski definition) is 1. The van der Waals surface area contributed by atoms with E-state index in [0.717, 1.165) is 70.0 Å². The highest BCUT2D eigenvalue weighted by Gasteiger charge is 2.35. The van der Waals surface area contributed by atoms with Gasteiger partial charge in [0, 0.05) is 59.3 Å². The van der Waals surface area contributed by atoms with E-state index in [9.17, 15) is 9.59 Å². The average Bonchev–Trinajstić information content (AvgIpc) is 3.41. The fourth-order valence-electron chi connectivity index (χ4n) is 5.59. The van der Waals surface area contributed by atoms with Crippen LogP contribution >= 0.6 is 0 Å². The van der Waals surface area contributed by atoms with Crippen molar-refractivity contribution in [2.45, 2.75) is 46.2 Å². The van der Waals surface area contributed by atoms with Gasteiger partial charge in [0.15, 0.2) is 5.78 Å². The maximum atomic E-state index is 13.0. The first-order valence-electron chi connectivity index (χ1n) is 10.9. The zero-order valence-electron chi connectivity index (χ0n) is 18.0. The second kappa shape index (κ2) is 6.30. The van der Waals surface area contributed by atoms with Crippen LogP contribution in [0.3, 0.4) is 0 Å². The highest BCUT2D eigenvalue weighted by molar-refractivity contribution is 6.20. The number of nitrogens with zero attached hydrogens (tertiary/aromatic N) is 3. The number of Topliss-reactive ketones (excluding diaryl/α,β-unsaturated/α-hetero) is 1. The van der Waals surface area contributed by atoms with Gasteiger partial charge in [0.25, 0.3) is 5.91 Å². The molecule has 2 aliphatic rings. The molecule has 4 aromatic rings. The molecule has 2 aromatic heterocycles. The lowest BCUT2D eigenvalue weighted by Gasteiger charge is -2.21. The molecule has 2 aromatic carbocycles. The number of nitrogens with one attached hydrogen (secondary N) is 1. The van der Waals surface area contributed by atoms with Crippen molar-refractivity contribution in [1.82, 2.24) is 19.7 Å². The number of aryl methyl sites for hydroxylation is 4. The number of aromatic nitrogens is 3. The van der Waals surface area contributed by atoms with Crippen molar-refractivity contribution >= 4 is 33.5 Å². The van der Waals surface area contributed by atoms with Crippen LogP contribution in [0.15, 0.2) is 24.4 Å². The van der Waals surface area contributed by atoms with E-state index in [2.05, 4.69) is 28.0 Å². The second-order valence-electron chi connectivity index (χ2n) is 8.72. The molecule has 1 aliphatic carbocycles. The van der Waals surface area contributed by atoms with Gasteiger partial charge < -0.3 is 9.88 Å². The topological polar surface area (TPSA) is 68.9 Å². The molecule has 156 valence electrons. The van der Waals surface area contributed by atoms with E-state index in [1.165, 1.54) is 11.1 Å². The Balaban J connectivity index is 1.85. The Morgan fingerprint density at radius 2 is 2.03 bits per heavy atom. The molecule has 1 amide bonds. The van der Waals surface area contributed by atoms with Gasteiger partial charge in [-0.05, 0) is 55.5 Å². The summed E-state index contributed by atoms with van der Waals surface area (Å²) in [6, 6.07) is 6.01. The standard InChI is InChI=1S/C25H24N4O2/c1-4-9-29-20-8-5-14(13(2)30)10-16(20)22-17-11-26-25(31)23(17)21-15(24(22)29)6-7-19-18(21)12-28(3)27-19/h5,8,10,12H,4,6-7,9,11H2,1-3H3,(H,26,31). The van der Waals surface area contributed by atoms with Gasteiger partial charge >= 0.3 is 0 Å². The molecule has 1 N–H and O–H groups in total. The minimum absolute atomic E-state index is 0.0102. The number of fused-ring (bicyclic) bond motifs is 10. The summed E-state index contributed by atoms with van der Waals surface area (Å²) in [5, 5.41) is 9.92. The Kier molecular flexibility index (Phi) is 3.73. The zero-order valence-corrected chi connectivity index (χ0v) is 18.0. The third-order valence-corrected chi connectivity index (χ3v) is 6.80. The summed E-state index contributed by atoms with van der Waals surface area (Å²) in [6.45, 7) is 5.20. The summed E-state index contributed by atoms with van der Waals surface area (Å²) >= 11 is 0. The summed E-state index contributed by atoms with van der Waals surface area (Å²) in [5.41, 5.74) is 9.34. The Morgan fingerprint density at radius 1 is 1.19 bits per heavy atom. The minimum atomic E-state index is -0.0102. The number of rotatable bonds is 3. The van der Waals surface area contributed by atoms with Gasteiger partial charge in [0.05, 0.1) is 16.8 Å². The van der Waals surface area contributed by atoms with Crippen LogP contribution in [0.4, 0.5) is 0 Å². The molecule has 6 nitrogen and oxygen atoms in total. The lowest BCUT2D eigenvalue weighted by molar-refractivity contribution is 0.0965. The summed E-state index contributed by atoms with van der Waals surface area (Å²) in [6.07, 6.45) is 4.78. The SMILES string of the molecule is CCCn1c2ccc(C(C)=O)cc2c2c3c(c4c(c21)CCc1nn(C)cc1-4)C(=O)NC3. The van der Waals surface area contributed by atoms with Crippen molar-refractivity contribution in [3.63, 3.8) is 0 Å². The van der Waals surface area contributed by atoms with Crippen LogP contribution in [0.2, 0.25) is 0 Å². The van der Waals surface area contributed by atoms with E-state index in [0.29, 0.717) is 12.1 Å². The van der Waals surface area contributed by atoms with Gasteiger partial charge in [-0.25, -0.2) is 0 Å². The number of benzene rings is 2. The number of amides is 1. The van der Waals surface area contributed by atoms with E-state index in [1.807, 2.05) is 30.1 Å². The first-order chi connectivity index (χ1) is 15.0. The Labute approximate surface area is 179 Å². The van der Waals surface area contributed by atoms with Gasteiger partial charge in [0.1, 0.15) is 0 Å². The van der Waals surface area contributed by atoms with E-state index in [-0.39, 0.29) is 11.7 Å². The summed E-state index contributed by atoms with van der Waals surface area (Å²) < 4.78 is 4.25. The van der Waals surface area contributed by atoms with Gasteiger partial charge in [0.2, 0.25) is 0 Å². The molecule has 0 saturated carbocycles. The number of ketones is 1. The number of hydrogen-bond acceptors (Lipinski definition) is 3. The third kappa shape index (κ3) is 2.36. The molecule has 0 spiro atoms. The van der Waals surface area contributed by atoms with Crippen LogP contribution in [0.5, 0.6) is 0 Å². The van der Waals surface area contributed by atoms with Crippen LogP contribution in [0, 0.1) is 0 Å². The minimum Gasteiger partial charge on any atom is -0.348 e. The molecule has 3 heterocycles. The summed E-state index contributed by atoms with van der Waals surface area (Å²) in [5.74, 6) is 0.0473. The molecule has 0 bridgehead atoms. The molecule has 0 saturated heterocycles. The molecule has 0 fully saturated rings. The third-order valence-electron chi connectivity index (χ3n) is 6.80. The van der Waals surface area contributed by atoms with Crippen molar-refractivity contribution in [2.24, 2.45) is 7.05 Å². The first kappa shape index (κ1) is 18.4. The Morgan fingerprint density at radius 3 is 2.81 bits per heavy atom. The molecule has 1 aliphatic heterocycles. The number of carbonyl (C=O) groups is 2. The van der Waals surface area contributed by atoms with E-state index in [4.69, 9.17) is 0 Å². The van der Waals surface area contributed by atoms with Crippen molar-refractivity contribution in [1.29, 1.82) is 0 Å². The second-order valence-corrected chi connectivity index (χ2v) is 8.72. The van der Waals surface area contributed by atoms with Gasteiger partial charge in [-0.3, -0.25) is 14.3 Å². The normalized spacial score (nSPS) is 14.6. The molecule has 6 rings (SSSR count). The molecular weight excluding hydrogens is 388 g/mol. The van der Waals surface area contributed by atoms with Crippen molar-refractivity contribution in [3.05, 3.63) is 52.3 Å². The van der Waals surface area contributed by atoms with E-state index in [1.54, 1.807) is 6.92 Å². The summed E-state index contributed by atoms with van der Waals surface area (Å²) in [4.78, 5) is 25.2. The molecule has 0 unspecified atom stereocenters. The van der Waals surface area contributed by atoms with Crippen molar-refractivity contribution < 1.29 is 9.59 Å². The number of carbonyl (C=O) groups excluding carboxylic acids is 2. The predicted molar refractivity (Wildman–Crippen MR) is 121 cm³/mol. The lowest BCUT2D eigenvalue weighted by atomic mass is 9.82. The first-order valence-corrected chi connectivity index (χ1v) is 10.9. The van der Waals surface area contributed by atoms with Crippen molar-refractivity contribution in [2.75, 3.05) is 0 Å². The fourth-order valence-corrected chi connectivity index (χ4v) is 5.59. The Bertz CT molecular complexity index is 1450. The molecule has 0 atom stereocenters. The maximum Gasteiger partial charge on any atom is 0.252 e. The lowest BCUT2D eigenvalue weighted by Crippen LogP contribution is -2.15. The van der Waals surface area contributed by atoms with Crippen LogP contribution in [0.1, 0.15) is 57.8 Å². The summed E-state index contributed by atoms with van der Waals surface area (Å²) in [7, 11) is 1.94. The van der Waals surface area contributed by atoms with Crippen LogP contribution in [-0.2, 0) is 33.0 Å². The van der Waals surface area contributed by atoms with Crippen LogP contribution in [0.25, 0.3) is 32.9 Å². The Hall–Kier alpha value is -3.41. The van der Waals surface area contributed by atoms with E-state index >= 15 is 0 Å². The van der Waals surface area contributed by atoms with Crippen LogP contribution in [-0.4, -0.2) is 26.0 Å². The molecule has 31 heavy (non-hydrogen) atoms. The fraction of sp³-hybridized carbons (Fsp3) is 0.320. The van der Waals surface area contributed by atoms with Gasteiger partial charge in [-0.1, -0.05) is 6.92 Å². The zero-order chi connectivity index (χ0) is 21.4. The average molecular weight is 412 g/mol.